The molecule has 0 aromatic rings. The Morgan fingerprint density at radius 3 is 1.81 bits per heavy atom. The lowest BCUT2D eigenvalue weighted by molar-refractivity contribution is -0.162. The van der Waals surface area contributed by atoms with Crippen molar-refractivity contribution >= 4 is 22.1 Å². The fraction of sp³-hybridized carbons (Fsp3) is 0.889. The van der Waals surface area contributed by atoms with Crippen molar-refractivity contribution in [3.8, 4) is 0 Å². The van der Waals surface area contributed by atoms with E-state index in [0.29, 0.717) is 12.8 Å². The second-order valence-corrected chi connectivity index (χ2v) is 8.99. The summed E-state index contributed by atoms with van der Waals surface area (Å²) in [6.45, 7) is 3.85. The molecule has 27 heavy (non-hydrogen) atoms. The van der Waals surface area contributed by atoms with E-state index in [2.05, 4.69) is 0 Å². The van der Waals surface area contributed by atoms with Gasteiger partial charge in [-0.25, -0.2) is 0 Å². The molecule has 0 radical (unpaired) electrons. The number of esters is 2. The predicted molar refractivity (Wildman–Crippen MR) is 96.3 cm³/mol. The number of carbonyl (C=O) groups excluding carboxylic acids is 2. The molecule has 0 amide bonds. The molecule has 2 unspecified atom stereocenters. The highest BCUT2D eigenvalue weighted by molar-refractivity contribution is 7.87. The summed E-state index contributed by atoms with van der Waals surface area (Å²) in [5.74, 6) is -1.99. The second kappa shape index (κ2) is 9.34. The van der Waals surface area contributed by atoms with Crippen LogP contribution in [0.15, 0.2) is 0 Å². The van der Waals surface area contributed by atoms with Gasteiger partial charge in [-0.2, -0.15) is 8.42 Å². The van der Waals surface area contributed by atoms with Crippen molar-refractivity contribution in [1.29, 1.82) is 0 Å². The summed E-state index contributed by atoms with van der Waals surface area (Å²) in [6, 6.07) is 0. The molecule has 0 aromatic carbocycles. The average molecular weight is 406 g/mol. The molecule has 0 spiro atoms. The highest BCUT2D eigenvalue weighted by atomic mass is 32.2. The first-order chi connectivity index (χ1) is 12.7. The first-order valence-corrected chi connectivity index (χ1v) is 11.1. The molecule has 2 saturated carbocycles. The molecule has 0 saturated heterocycles. The highest BCUT2D eigenvalue weighted by Gasteiger charge is 2.49. The van der Waals surface area contributed by atoms with Gasteiger partial charge in [-0.1, -0.05) is 6.42 Å². The summed E-state index contributed by atoms with van der Waals surface area (Å²) >= 11 is 0. The maximum absolute atomic E-state index is 12.2. The standard InChI is InChI=1S/C18H30O8S/c1-3-24-16(19)13-10-14(17(20)25-4-2)12-15(11-13)26-18(27(21,22)23)8-6-5-7-9-18/h13-15H,3-12H2,1-2H3,(H,21,22,23). The van der Waals surface area contributed by atoms with Gasteiger partial charge in [0.15, 0.2) is 4.93 Å². The van der Waals surface area contributed by atoms with E-state index in [0.717, 1.165) is 6.42 Å². The quantitative estimate of drug-likeness (QED) is 0.506. The molecule has 0 aromatic heterocycles. The van der Waals surface area contributed by atoms with E-state index in [9.17, 15) is 22.6 Å². The molecule has 9 heteroatoms. The van der Waals surface area contributed by atoms with Crippen LogP contribution in [0.25, 0.3) is 0 Å². The molecule has 156 valence electrons. The fourth-order valence-electron chi connectivity index (χ4n) is 4.10. The zero-order valence-corrected chi connectivity index (χ0v) is 16.8. The third kappa shape index (κ3) is 5.42. The van der Waals surface area contributed by atoms with Crippen molar-refractivity contribution < 1.29 is 36.8 Å². The van der Waals surface area contributed by atoms with Crippen LogP contribution in [0.2, 0.25) is 0 Å². The molecule has 0 heterocycles. The number of hydrogen-bond donors (Lipinski definition) is 1. The molecular formula is C18H30O8S. The van der Waals surface area contributed by atoms with Crippen LogP contribution < -0.4 is 0 Å². The van der Waals surface area contributed by atoms with E-state index < -0.39 is 44.9 Å². The molecular weight excluding hydrogens is 376 g/mol. The van der Waals surface area contributed by atoms with Gasteiger partial charge in [0.05, 0.1) is 31.2 Å². The zero-order valence-electron chi connectivity index (χ0n) is 16.0. The molecule has 2 rings (SSSR count). The molecule has 1 N–H and O–H groups in total. The van der Waals surface area contributed by atoms with Crippen molar-refractivity contribution in [3.05, 3.63) is 0 Å². The average Bonchev–Trinajstić information content (AvgIpc) is 2.61. The van der Waals surface area contributed by atoms with Crippen LogP contribution in [0.4, 0.5) is 0 Å². The Morgan fingerprint density at radius 1 is 0.926 bits per heavy atom. The van der Waals surface area contributed by atoms with Crippen LogP contribution in [0, 0.1) is 11.8 Å². The minimum atomic E-state index is -4.44. The van der Waals surface area contributed by atoms with E-state index in [1.165, 1.54) is 0 Å². The summed E-state index contributed by atoms with van der Waals surface area (Å²) in [4.78, 5) is 22.8. The van der Waals surface area contributed by atoms with Gasteiger partial charge in [0.25, 0.3) is 10.1 Å². The summed E-state index contributed by atoms with van der Waals surface area (Å²) in [5.41, 5.74) is 0. The van der Waals surface area contributed by atoms with Crippen LogP contribution in [0.3, 0.4) is 0 Å². The Bertz CT molecular complexity index is 597. The minimum Gasteiger partial charge on any atom is -0.466 e. The van der Waals surface area contributed by atoms with Crippen LogP contribution in [0.1, 0.15) is 65.2 Å². The van der Waals surface area contributed by atoms with Crippen molar-refractivity contribution in [2.24, 2.45) is 11.8 Å². The van der Waals surface area contributed by atoms with Crippen LogP contribution in [-0.4, -0.2) is 49.2 Å². The van der Waals surface area contributed by atoms with Gasteiger partial charge in [-0.05, 0) is 58.8 Å². The van der Waals surface area contributed by atoms with Gasteiger partial charge in [-0.3, -0.25) is 14.1 Å². The smallest absolute Gasteiger partial charge is 0.309 e. The number of carbonyl (C=O) groups is 2. The lowest BCUT2D eigenvalue weighted by atomic mass is 9.79. The van der Waals surface area contributed by atoms with Gasteiger partial charge in [0.1, 0.15) is 0 Å². The lowest BCUT2D eigenvalue weighted by Crippen LogP contribution is -2.48. The number of ether oxygens (including phenoxy) is 3. The topological polar surface area (TPSA) is 116 Å². The Labute approximate surface area is 160 Å². The van der Waals surface area contributed by atoms with E-state index in [-0.39, 0.29) is 45.3 Å². The summed E-state index contributed by atoms with van der Waals surface area (Å²) in [6.07, 6.45) is 2.70. The normalized spacial score (nSPS) is 28.3. The van der Waals surface area contributed by atoms with Crippen molar-refractivity contribution in [3.63, 3.8) is 0 Å². The molecule has 2 aliphatic carbocycles. The fourth-order valence-corrected chi connectivity index (χ4v) is 5.16. The molecule has 2 atom stereocenters. The van der Waals surface area contributed by atoms with E-state index >= 15 is 0 Å². The summed E-state index contributed by atoms with van der Waals surface area (Å²) < 4.78 is 50.1. The van der Waals surface area contributed by atoms with E-state index in [1.807, 2.05) is 0 Å². The molecule has 0 aliphatic heterocycles. The molecule has 8 nitrogen and oxygen atoms in total. The van der Waals surface area contributed by atoms with Crippen LogP contribution >= 0.6 is 0 Å². The lowest BCUT2D eigenvalue weighted by Gasteiger charge is -2.40. The third-order valence-corrected chi connectivity index (χ3v) is 6.82. The van der Waals surface area contributed by atoms with Gasteiger partial charge in [0, 0.05) is 0 Å². The molecule has 2 fully saturated rings. The molecule has 0 bridgehead atoms. The SMILES string of the molecule is CCOC(=O)C1CC(OC2(S(=O)(=O)O)CCCCC2)CC(C(=O)OCC)C1. The number of rotatable bonds is 7. The largest absolute Gasteiger partial charge is 0.466 e. The Kier molecular flexibility index (Phi) is 7.64. The van der Waals surface area contributed by atoms with Gasteiger partial charge in [0.2, 0.25) is 0 Å². The van der Waals surface area contributed by atoms with Crippen LogP contribution in [-0.2, 0) is 33.9 Å². The maximum Gasteiger partial charge on any atom is 0.309 e. The van der Waals surface area contributed by atoms with Crippen molar-refractivity contribution in [2.45, 2.75) is 76.3 Å². The first kappa shape index (κ1) is 22.1. The van der Waals surface area contributed by atoms with Crippen molar-refractivity contribution in [2.75, 3.05) is 13.2 Å². The first-order valence-electron chi connectivity index (χ1n) is 9.70. The maximum atomic E-state index is 12.2. The third-order valence-electron chi connectivity index (χ3n) is 5.37. The van der Waals surface area contributed by atoms with Gasteiger partial charge in [-0.15, -0.1) is 0 Å². The summed E-state index contributed by atoms with van der Waals surface area (Å²) in [7, 11) is -4.44. The monoisotopic (exact) mass is 406 g/mol. The molecule has 2 aliphatic rings. The van der Waals surface area contributed by atoms with E-state index in [1.54, 1.807) is 13.8 Å². The number of hydrogen-bond acceptors (Lipinski definition) is 7. The van der Waals surface area contributed by atoms with Gasteiger partial charge < -0.3 is 14.2 Å². The Balaban J connectivity index is 2.21. The Morgan fingerprint density at radius 2 is 1.41 bits per heavy atom. The van der Waals surface area contributed by atoms with Gasteiger partial charge >= 0.3 is 11.9 Å². The predicted octanol–water partition coefficient (Wildman–Crippen LogP) is 2.46. The van der Waals surface area contributed by atoms with E-state index in [4.69, 9.17) is 14.2 Å². The highest BCUT2D eigenvalue weighted by Crippen LogP contribution is 2.41. The minimum absolute atomic E-state index is 0.205. The van der Waals surface area contributed by atoms with Crippen molar-refractivity contribution in [1.82, 2.24) is 0 Å². The second-order valence-electron chi connectivity index (χ2n) is 7.29. The van der Waals surface area contributed by atoms with Crippen LogP contribution in [0.5, 0.6) is 0 Å². The summed E-state index contributed by atoms with van der Waals surface area (Å²) in [5, 5.41) is 0. The zero-order chi connectivity index (χ0) is 20.1. The Hall–Kier alpha value is -1.19.